The summed E-state index contributed by atoms with van der Waals surface area (Å²) in [6.45, 7) is 0.586. The molecule has 0 atom stereocenters. The zero-order valence-corrected chi connectivity index (χ0v) is 10.8. The van der Waals surface area contributed by atoms with Crippen LogP contribution in [0.25, 0.3) is 0 Å². The minimum atomic E-state index is -0.193. The van der Waals surface area contributed by atoms with Crippen molar-refractivity contribution in [1.82, 2.24) is 5.32 Å². The summed E-state index contributed by atoms with van der Waals surface area (Å²) in [6.07, 6.45) is 1.34. The van der Waals surface area contributed by atoms with Gasteiger partial charge in [0.2, 0.25) is 0 Å². The SMILES string of the molecule is O=C(NCC1CC(O)C1)c1cc(S)ccc1Cl. The number of amides is 1. The average molecular weight is 272 g/mol. The molecule has 1 amide bonds. The van der Waals surface area contributed by atoms with Gasteiger partial charge in [0.05, 0.1) is 16.7 Å². The highest BCUT2D eigenvalue weighted by molar-refractivity contribution is 7.80. The molecule has 2 N–H and O–H groups in total. The van der Waals surface area contributed by atoms with Crippen molar-refractivity contribution in [2.75, 3.05) is 6.54 Å². The maximum Gasteiger partial charge on any atom is 0.252 e. The third kappa shape index (κ3) is 3.15. The number of carbonyl (C=O) groups excluding carboxylic acids is 1. The molecule has 0 aliphatic heterocycles. The van der Waals surface area contributed by atoms with Crippen LogP contribution in [0, 0.1) is 5.92 Å². The second kappa shape index (κ2) is 5.29. The van der Waals surface area contributed by atoms with E-state index in [1.54, 1.807) is 18.2 Å². The van der Waals surface area contributed by atoms with E-state index in [0.717, 1.165) is 12.8 Å². The predicted molar refractivity (Wildman–Crippen MR) is 69.8 cm³/mol. The van der Waals surface area contributed by atoms with Crippen molar-refractivity contribution in [2.45, 2.75) is 23.8 Å². The Balaban J connectivity index is 1.92. The molecule has 1 saturated carbocycles. The van der Waals surface area contributed by atoms with Crippen LogP contribution in [-0.2, 0) is 0 Å². The summed E-state index contributed by atoms with van der Waals surface area (Å²) in [4.78, 5) is 12.6. The van der Waals surface area contributed by atoms with Gasteiger partial charge in [0.25, 0.3) is 5.91 Å². The molecule has 0 aromatic heterocycles. The quantitative estimate of drug-likeness (QED) is 0.738. The van der Waals surface area contributed by atoms with Gasteiger partial charge in [-0.05, 0) is 37.0 Å². The van der Waals surface area contributed by atoms with Crippen LogP contribution in [0.5, 0.6) is 0 Å². The average Bonchev–Trinajstić information content (AvgIpc) is 2.26. The van der Waals surface area contributed by atoms with E-state index >= 15 is 0 Å². The van der Waals surface area contributed by atoms with E-state index in [2.05, 4.69) is 17.9 Å². The predicted octanol–water partition coefficient (Wildman–Crippen LogP) is 2.13. The highest BCUT2D eigenvalue weighted by Crippen LogP contribution is 2.26. The maximum atomic E-state index is 11.9. The lowest BCUT2D eigenvalue weighted by Gasteiger charge is -2.31. The second-order valence-corrected chi connectivity index (χ2v) is 5.29. The topological polar surface area (TPSA) is 49.3 Å². The fourth-order valence-corrected chi connectivity index (χ4v) is 2.29. The minimum absolute atomic E-state index is 0.188. The summed E-state index contributed by atoms with van der Waals surface area (Å²) in [5, 5.41) is 12.4. The van der Waals surface area contributed by atoms with Crippen molar-refractivity contribution in [3.8, 4) is 0 Å². The van der Waals surface area contributed by atoms with Gasteiger partial charge in [0.15, 0.2) is 0 Å². The molecule has 1 fully saturated rings. The summed E-state index contributed by atoms with van der Waals surface area (Å²) >= 11 is 10.1. The molecule has 17 heavy (non-hydrogen) atoms. The summed E-state index contributed by atoms with van der Waals surface area (Å²) in [5.41, 5.74) is 0.444. The lowest BCUT2D eigenvalue weighted by Crippen LogP contribution is -2.38. The van der Waals surface area contributed by atoms with E-state index in [4.69, 9.17) is 16.7 Å². The first-order chi connectivity index (χ1) is 8.06. The first-order valence-electron chi connectivity index (χ1n) is 5.51. The van der Waals surface area contributed by atoms with E-state index in [0.29, 0.717) is 27.9 Å². The third-order valence-corrected chi connectivity index (χ3v) is 3.56. The zero-order valence-electron chi connectivity index (χ0n) is 9.19. The summed E-state index contributed by atoms with van der Waals surface area (Å²) in [7, 11) is 0. The second-order valence-electron chi connectivity index (χ2n) is 4.37. The van der Waals surface area contributed by atoms with Crippen LogP contribution in [0.3, 0.4) is 0 Å². The molecule has 1 aliphatic carbocycles. The van der Waals surface area contributed by atoms with Crippen LogP contribution >= 0.6 is 24.2 Å². The van der Waals surface area contributed by atoms with Crippen molar-refractivity contribution in [3.05, 3.63) is 28.8 Å². The van der Waals surface area contributed by atoms with Gasteiger partial charge in [-0.25, -0.2) is 0 Å². The van der Waals surface area contributed by atoms with Crippen LogP contribution in [0.1, 0.15) is 23.2 Å². The van der Waals surface area contributed by atoms with Crippen molar-refractivity contribution < 1.29 is 9.90 Å². The molecule has 2 rings (SSSR count). The zero-order chi connectivity index (χ0) is 12.4. The van der Waals surface area contributed by atoms with Gasteiger partial charge in [-0.3, -0.25) is 4.79 Å². The Morgan fingerprint density at radius 1 is 1.53 bits per heavy atom. The molecule has 1 aromatic carbocycles. The van der Waals surface area contributed by atoms with E-state index < -0.39 is 0 Å². The number of hydrogen-bond donors (Lipinski definition) is 3. The number of hydrogen-bond acceptors (Lipinski definition) is 3. The Kier molecular flexibility index (Phi) is 3.97. The summed E-state index contributed by atoms with van der Waals surface area (Å²) in [6, 6.07) is 5.05. The van der Waals surface area contributed by atoms with Gasteiger partial charge in [-0.2, -0.15) is 0 Å². The Morgan fingerprint density at radius 2 is 2.24 bits per heavy atom. The van der Waals surface area contributed by atoms with Crippen molar-refractivity contribution in [3.63, 3.8) is 0 Å². The normalized spacial score (nSPS) is 23.0. The van der Waals surface area contributed by atoms with Crippen molar-refractivity contribution in [2.24, 2.45) is 5.92 Å². The monoisotopic (exact) mass is 271 g/mol. The number of aliphatic hydroxyl groups is 1. The summed E-state index contributed by atoms with van der Waals surface area (Å²) in [5.74, 6) is 0.194. The Morgan fingerprint density at radius 3 is 2.88 bits per heavy atom. The largest absolute Gasteiger partial charge is 0.393 e. The fraction of sp³-hybridized carbons (Fsp3) is 0.417. The van der Waals surface area contributed by atoms with Gasteiger partial charge in [0.1, 0.15) is 0 Å². The first kappa shape index (κ1) is 12.7. The van der Waals surface area contributed by atoms with Gasteiger partial charge in [-0.15, -0.1) is 12.6 Å². The van der Waals surface area contributed by atoms with E-state index in [1.165, 1.54) is 0 Å². The molecule has 0 spiro atoms. The lowest BCUT2D eigenvalue weighted by molar-refractivity contribution is 0.0420. The standard InChI is InChI=1S/C12H14ClNO2S/c13-11-2-1-9(17)5-10(11)12(16)14-6-7-3-8(15)4-7/h1-2,5,7-8,15,17H,3-4,6H2,(H,14,16). The number of thiol groups is 1. The smallest absolute Gasteiger partial charge is 0.252 e. The number of halogens is 1. The molecule has 92 valence electrons. The fourth-order valence-electron chi connectivity index (χ4n) is 1.89. The Labute approximate surface area is 111 Å². The van der Waals surface area contributed by atoms with Crippen LogP contribution in [0.4, 0.5) is 0 Å². The molecule has 0 heterocycles. The highest BCUT2D eigenvalue weighted by atomic mass is 35.5. The lowest BCUT2D eigenvalue weighted by atomic mass is 9.82. The van der Waals surface area contributed by atoms with E-state index in [-0.39, 0.29) is 12.0 Å². The molecular formula is C12H14ClNO2S. The van der Waals surface area contributed by atoms with Gasteiger partial charge in [-0.1, -0.05) is 11.6 Å². The number of nitrogens with one attached hydrogen (secondary N) is 1. The molecule has 0 bridgehead atoms. The maximum absolute atomic E-state index is 11.9. The molecule has 0 saturated heterocycles. The molecular weight excluding hydrogens is 258 g/mol. The number of carbonyl (C=O) groups is 1. The van der Waals surface area contributed by atoms with Crippen molar-refractivity contribution >= 4 is 30.1 Å². The number of benzene rings is 1. The van der Waals surface area contributed by atoms with Gasteiger partial charge >= 0.3 is 0 Å². The van der Waals surface area contributed by atoms with Crippen LogP contribution < -0.4 is 5.32 Å². The third-order valence-electron chi connectivity index (χ3n) is 2.96. The van der Waals surface area contributed by atoms with Gasteiger partial charge in [0, 0.05) is 11.4 Å². The van der Waals surface area contributed by atoms with E-state index in [9.17, 15) is 4.79 Å². The number of aliphatic hydroxyl groups excluding tert-OH is 1. The molecule has 0 unspecified atom stereocenters. The van der Waals surface area contributed by atoms with Crippen LogP contribution in [0.2, 0.25) is 5.02 Å². The summed E-state index contributed by atoms with van der Waals surface area (Å²) < 4.78 is 0. The Hall–Kier alpha value is -0.710. The van der Waals surface area contributed by atoms with Crippen LogP contribution in [0.15, 0.2) is 23.1 Å². The number of rotatable bonds is 3. The van der Waals surface area contributed by atoms with Crippen LogP contribution in [-0.4, -0.2) is 23.7 Å². The minimum Gasteiger partial charge on any atom is -0.393 e. The molecule has 3 nitrogen and oxygen atoms in total. The molecule has 1 aromatic rings. The Bertz CT molecular complexity index is 433. The van der Waals surface area contributed by atoms with Crippen molar-refractivity contribution in [1.29, 1.82) is 0 Å². The first-order valence-corrected chi connectivity index (χ1v) is 6.33. The highest BCUT2D eigenvalue weighted by Gasteiger charge is 2.27. The molecule has 5 heteroatoms. The molecule has 1 aliphatic rings. The molecule has 0 radical (unpaired) electrons. The van der Waals surface area contributed by atoms with Gasteiger partial charge < -0.3 is 10.4 Å². The van der Waals surface area contributed by atoms with E-state index in [1.807, 2.05) is 0 Å².